The lowest BCUT2D eigenvalue weighted by Gasteiger charge is -2.48. The third-order valence-electron chi connectivity index (χ3n) is 6.32. The summed E-state index contributed by atoms with van der Waals surface area (Å²) in [7, 11) is 1.72. The van der Waals surface area contributed by atoms with Crippen LogP contribution < -0.4 is 4.74 Å². The van der Waals surface area contributed by atoms with Crippen LogP contribution in [-0.2, 0) is 21.4 Å². The van der Waals surface area contributed by atoms with Crippen LogP contribution in [-0.4, -0.2) is 31.6 Å². The SMILES string of the molecule is COc1ccc2c(c1)C1(C)CCOC[C@@]3(C)ON=C1C(C2)C3C. The van der Waals surface area contributed by atoms with E-state index < -0.39 is 0 Å². The summed E-state index contributed by atoms with van der Waals surface area (Å²) < 4.78 is 11.4. The van der Waals surface area contributed by atoms with Crippen molar-refractivity contribution in [2.45, 2.75) is 44.6 Å². The minimum absolute atomic E-state index is 0.146. The normalized spacial score (nSPS) is 38.5. The van der Waals surface area contributed by atoms with Gasteiger partial charge in [0, 0.05) is 23.9 Å². The second-order valence-corrected chi connectivity index (χ2v) is 7.64. The maximum absolute atomic E-state index is 5.97. The Morgan fingerprint density at radius 1 is 1.30 bits per heavy atom. The number of ether oxygens (including phenoxy) is 2. The molecule has 124 valence electrons. The number of fused-ring (bicyclic) bond motifs is 5. The summed E-state index contributed by atoms with van der Waals surface area (Å²) in [4.78, 5) is 5.97. The summed E-state index contributed by atoms with van der Waals surface area (Å²) in [6, 6.07) is 6.46. The van der Waals surface area contributed by atoms with Gasteiger partial charge in [0.2, 0.25) is 0 Å². The Hall–Kier alpha value is -1.55. The Morgan fingerprint density at radius 3 is 2.91 bits per heavy atom. The smallest absolute Gasteiger partial charge is 0.161 e. The first kappa shape index (κ1) is 15.0. The summed E-state index contributed by atoms with van der Waals surface area (Å²) in [6.45, 7) is 8.03. The zero-order valence-electron chi connectivity index (χ0n) is 14.4. The van der Waals surface area contributed by atoms with Gasteiger partial charge in [0.25, 0.3) is 0 Å². The standard InChI is InChI=1S/C19H25NO3/c1-12-15-9-13-5-6-14(21-4)10-16(13)18(2)7-8-22-11-19(12,3)23-20-17(15)18/h5-6,10,12,15H,7-9,11H2,1-4H3/t12?,15?,18?,19-/m1/s1. The monoisotopic (exact) mass is 315 g/mol. The largest absolute Gasteiger partial charge is 0.497 e. The van der Waals surface area contributed by atoms with Gasteiger partial charge in [-0.15, -0.1) is 0 Å². The van der Waals surface area contributed by atoms with Gasteiger partial charge in [0.15, 0.2) is 5.60 Å². The van der Waals surface area contributed by atoms with E-state index in [1.54, 1.807) is 7.11 Å². The molecule has 23 heavy (non-hydrogen) atoms. The lowest BCUT2D eigenvalue weighted by molar-refractivity contribution is -0.131. The van der Waals surface area contributed by atoms with E-state index in [1.807, 2.05) is 0 Å². The molecule has 1 saturated heterocycles. The molecule has 1 aromatic carbocycles. The van der Waals surface area contributed by atoms with Gasteiger partial charge in [-0.25, -0.2) is 0 Å². The topological polar surface area (TPSA) is 40.0 Å². The van der Waals surface area contributed by atoms with Crippen LogP contribution in [0.25, 0.3) is 0 Å². The Kier molecular flexibility index (Phi) is 3.24. The van der Waals surface area contributed by atoms with Crippen molar-refractivity contribution in [2.75, 3.05) is 20.3 Å². The maximum Gasteiger partial charge on any atom is 0.161 e. The van der Waals surface area contributed by atoms with Gasteiger partial charge < -0.3 is 14.3 Å². The molecular weight excluding hydrogens is 290 g/mol. The average molecular weight is 315 g/mol. The summed E-state index contributed by atoms with van der Waals surface area (Å²) in [5, 5.41) is 4.64. The first-order chi connectivity index (χ1) is 11.0. The van der Waals surface area contributed by atoms with Crippen LogP contribution in [0.1, 0.15) is 38.3 Å². The van der Waals surface area contributed by atoms with Crippen LogP contribution in [0.4, 0.5) is 0 Å². The van der Waals surface area contributed by atoms with Crippen molar-refractivity contribution in [1.29, 1.82) is 0 Å². The molecule has 4 bridgehead atoms. The molecular formula is C19H25NO3. The van der Waals surface area contributed by atoms with Crippen LogP contribution in [0.5, 0.6) is 5.75 Å². The third kappa shape index (κ3) is 2.04. The van der Waals surface area contributed by atoms with Gasteiger partial charge in [0.1, 0.15) is 5.75 Å². The van der Waals surface area contributed by atoms with Gasteiger partial charge in [0.05, 0.1) is 19.4 Å². The first-order valence-electron chi connectivity index (χ1n) is 8.50. The molecule has 0 saturated carbocycles. The highest BCUT2D eigenvalue weighted by Crippen LogP contribution is 2.49. The molecule has 0 N–H and O–H groups in total. The second-order valence-electron chi connectivity index (χ2n) is 7.64. The van der Waals surface area contributed by atoms with E-state index in [-0.39, 0.29) is 11.0 Å². The van der Waals surface area contributed by atoms with Crippen molar-refractivity contribution in [2.24, 2.45) is 17.0 Å². The molecule has 4 atom stereocenters. The molecule has 4 heteroatoms. The first-order valence-corrected chi connectivity index (χ1v) is 8.50. The van der Waals surface area contributed by atoms with Gasteiger partial charge in [-0.1, -0.05) is 18.1 Å². The Balaban J connectivity index is 1.91. The molecule has 3 unspecified atom stereocenters. The molecule has 4 nitrogen and oxygen atoms in total. The fourth-order valence-electron chi connectivity index (χ4n) is 4.47. The predicted molar refractivity (Wildman–Crippen MR) is 89.1 cm³/mol. The van der Waals surface area contributed by atoms with Crippen molar-refractivity contribution in [1.82, 2.24) is 0 Å². The second kappa shape index (κ2) is 4.97. The molecule has 0 amide bonds. The van der Waals surface area contributed by atoms with E-state index in [9.17, 15) is 0 Å². The van der Waals surface area contributed by atoms with Crippen molar-refractivity contribution < 1.29 is 14.3 Å². The van der Waals surface area contributed by atoms with Gasteiger partial charge >= 0.3 is 0 Å². The van der Waals surface area contributed by atoms with E-state index in [1.165, 1.54) is 16.8 Å². The third-order valence-corrected chi connectivity index (χ3v) is 6.32. The number of hydrogen-bond acceptors (Lipinski definition) is 4. The average Bonchev–Trinajstić information content (AvgIpc) is 2.63. The summed E-state index contributed by atoms with van der Waals surface area (Å²) >= 11 is 0. The van der Waals surface area contributed by atoms with Crippen molar-refractivity contribution in [3.05, 3.63) is 29.3 Å². The minimum Gasteiger partial charge on any atom is -0.497 e. The zero-order chi connectivity index (χ0) is 16.2. The summed E-state index contributed by atoms with van der Waals surface area (Å²) in [5.41, 5.74) is 3.44. The number of rotatable bonds is 1. The van der Waals surface area contributed by atoms with Crippen LogP contribution >= 0.6 is 0 Å². The molecule has 1 aliphatic carbocycles. The molecule has 3 heterocycles. The predicted octanol–water partition coefficient (Wildman–Crippen LogP) is 3.33. The number of benzene rings is 1. The fraction of sp³-hybridized carbons (Fsp3) is 0.632. The molecule has 0 spiro atoms. The number of methoxy groups -OCH3 is 1. The molecule has 0 aromatic heterocycles. The Labute approximate surface area is 137 Å². The molecule has 1 aromatic rings. The van der Waals surface area contributed by atoms with Crippen molar-refractivity contribution in [3.8, 4) is 5.75 Å². The quantitative estimate of drug-likeness (QED) is 0.798. The lowest BCUT2D eigenvalue weighted by Crippen LogP contribution is -2.54. The van der Waals surface area contributed by atoms with Gasteiger partial charge in [-0.05, 0) is 49.9 Å². The van der Waals surface area contributed by atoms with E-state index in [4.69, 9.17) is 14.3 Å². The Morgan fingerprint density at radius 2 is 2.13 bits per heavy atom. The fourth-order valence-corrected chi connectivity index (χ4v) is 4.47. The Bertz CT molecular complexity index is 671. The van der Waals surface area contributed by atoms with Crippen LogP contribution in [0.2, 0.25) is 0 Å². The van der Waals surface area contributed by atoms with Crippen LogP contribution in [0.15, 0.2) is 23.4 Å². The summed E-state index contributed by atoms with van der Waals surface area (Å²) in [6.07, 6.45) is 1.95. The minimum atomic E-state index is -0.330. The number of hydrogen-bond donors (Lipinski definition) is 0. The van der Waals surface area contributed by atoms with Crippen LogP contribution in [0.3, 0.4) is 0 Å². The van der Waals surface area contributed by atoms with Crippen molar-refractivity contribution in [3.63, 3.8) is 0 Å². The molecule has 4 aliphatic rings. The van der Waals surface area contributed by atoms with E-state index in [2.05, 4.69) is 44.1 Å². The van der Waals surface area contributed by atoms with Crippen LogP contribution in [0, 0.1) is 11.8 Å². The number of oxime groups is 1. The summed E-state index contributed by atoms with van der Waals surface area (Å²) in [5.74, 6) is 1.70. The van der Waals surface area contributed by atoms with Gasteiger partial charge in [-0.2, -0.15) is 0 Å². The molecule has 1 fully saturated rings. The van der Waals surface area contributed by atoms with E-state index >= 15 is 0 Å². The van der Waals surface area contributed by atoms with E-state index in [0.29, 0.717) is 18.4 Å². The zero-order valence-corrected chi connectivity index (χ0v) is 14.4. The van der Waals surface area contributed by atoms with E-state index in [0.717, 1.165) is 25.2 Å². The molecule has 0 radical (unpaired) electrons. The highest BCUT2D eigenvalue weighted by atomic mass is 16.7. The lowest BCUT2D eigenvalue weighted by atomic mass is 9.59. The highest BCUT2D eigenvalue weighted by Gasteiger charge is 2.53. The number of nitrogens with zero attached hydrogens (tertiary/aromatic N) is 1. The maximum atomic E-state index is 5.97. The molecule has 3 aliphatic heterocycles. The van der Waals surface area contributed by atoms with Gasteiger partial charge in [-0.3, -0.25) is 0 Å². The highest BCUT2D eigenvalue weighted by molar-refractivity contribution is 5.99. The molecule has 5 rings (SSSR count). The van der Waals surface area contributed by atoms with Crippen molar-refractivity contribution >= 4 is 5.71 Å².